The summed E-state index contributed by atoms with van der Waals surface area (Å²) in [6.07, 6.45) is 8.61. The maximum Gasteiger partial charge on any atom is 0.0431 e. The van der Waals surface area contributed by atoms with Crippen LogP contribution in [0.2, 0.25) is 0 Å². The van der Waals surface area contributed by atoms with Gasteiger partial charge >= 0.3 is 0 Å². The van der Waals surface area contributed by atoms with Crippen molar-refractivity contribution in [3.63, 3.8) is 0 Å². The van der Waals surface area contributed by atoms with Gasteiger partial charge in [0.25, 0.3) is 0 Å². The number of aliphatic hydroxyl groups is 2. The first kappa shape index (κ1) is 15.2. The Morgan fingerprint density at radius 2 is 1.17 bits per heavy atom. The smallest absolute Gasteiger partial charge is 0.0431 e. The fourth-order valence-electron chi connectivity index (χ4n) is 2.18. The Labute approximate surface area is 111 Å². The minimum absolute atomic E-state index is 0.310. The van der Waals surface area contributed by atoms with E-state index in [1.54, 1.807) is 0 Å². The van der Waals surface area contributed by atoms with Gasteiger partial charge in [0.15, 0.2) is 0 Å². The second-order valence-corrected chi connectivity index (χ2v) is 4.89. The van der Waals surface area contributed by atoms with Gasteiger partial charge in [0.05, 0.1) is 0 Å². The second-order valence-electron chi connectivity index (χ2n) is 4.89. The fraction of sp³-hybridized carbons (Fsp3) is 0.625. The maximum atomic E-state index is 8.73. The van der Waals surface area contributed by atoms with E-state index in [0.717, 1.165) is 51.4 Å². The molecule has 1 rings (SSSR count). The molecule has 1 aromatic carbocycles. The number of aliphatic hydroxyl groups excluding tert-OH is 2. The molecule has 2 heteroatoms. The van der Waals surface area contributed by atoms with Crippen LogP contribution in [0.5, 0.6) is 0 Å². The highest BCUT2D eigenvalue weighted by Crippen LogP contribution is 2.12. The molecule has 102 valence electrons. The van der Waals surface area contributed by atoms with Crippen LogP contribution in [0, 0.1) is 0 Å². The van der Waals surface area contributed by atoms with Gasteiger partial charge in [0.1, 0.15) is 0 Å². The minimum atomic E-state index is 0.310. The molecule has 2 N–H and O–H groups in total. The van der Waals surface area contributed by atoms with Gasteiger partial charge in [-0.05, 0) is 49.7 Å². The molecule has 0 unspecified atom stereocenters. The van der Waals surface area contributed by atoms with E-state index in [0.29, 0.717) is 13.2 Å². The minimum Gasteiger partial charge on any atom is -0.396 e. The van der Waals surface area contributed by atoms with Crippen LogP contribution in [0.25, 0.3) is 0 Å². The first-order chi connectivity index (χ1) is 8.86. The molecule has 0 saturated heterocycles. The van der Waals surface area contributed by atoms with Crippen molar-refractivity contribution in [2.75, 3.05) is 13.2 Å². The molecule has 1 aromatic rings. The van der Waals surface area contributed by atoms with Gasteiger partial charge < -0.3 is 10.2 Å². The Hall–Kier alpha value is -0.860. The van der Waals surface area contributed by atoms with Gasteiger partial charge in [-0.2, -0.15) is 0 Å². The van der Waals surface area contributed by atoms with E-state index in [-0.39, 0.29) is 0 Å². The van der Waals surface area contributed by atoms with Crippen molar-refractivity contribution in [1.82, 2.24) is 0 Å². The first-order valence-electron chi connectivity index (χ1n) is 7.16. The zero-order valence-corrected chi connectivity index (χ0v) is 11.3. The molecule has 0 spiro atoms. The average Bonchev–Trinajstić information content (AvgIpc) is 2.40. The van der Waals surface area contributed by atoms with E-state index in [9.17, 15) is 0 Å². The Bertz CT molecular complexity index is 282. The van der Waals surface area contributed by atoms with Gasteiger partial charge in [-0.1, -0.05) is 37.1 Å². The number of unbranched alkanes of at least 4 members (excludes halogenated alkanes) is 4. The summed E-state index contributed by atoms with van der Waals surface area (Å²) in [6, 6.07) is 8.83. The molecule has 0 aliphatic heterocycles. The summed E-state index contributed by atoms with van der Waals surface area (Å²) in [4.78, 5) is 0. The second kappa shape index (κ2) is 10.1. The van der Waals surface area contributed by atoms with Gasteiger partial charge in [0.2, 0.25) is 0 Å². The summed E-state index contributed by atoms with van der Waals surface area (Å²) in [7, 11) is 0. The monoisotopic (exact) mass is 250 g/mol. The molecule has 0 atom stereocenters. The van der Waals surface area contributed by atoms with Crippen molar-refractivity contribution < 1.29 is 10.2 Å². The van der Waals surface area contributed by atoms with Crippen molar-refractivity contribution in [2.45, 2.75) is 51.4 Å². The molecular formula is C16H26O2. The van der Waals surface area contributed by atoms with E-state index in [4.69, 9.17) is 10.2 Å². The third-order valence-electron chi connectivity index (χ3n) is 3.24. The molecule has 2 nitrogen and oxygen atoms in total. The standard InChI is InChI=1S/C16H26O2/c17-12-5-1-3-8-15-10-7-11-16(14-15)9-4-2-6-13-18/h7,10-11,14,17-18H,1-6,8-9,12-13H2. The van der Waals surface area contributed by atoms with Gasteiger partial charge in [-0.3, -0.25) is 0 Å². The quantitative estimate of drug-likeness (QED) is 0.626. The third-order valence-corrected chi connectivity index (χ3v) is 3.24. The van der Waals surface area contributed by atoms with E-state index in [2.05, 4.69) is 24.3 Å². The molecular weight excluding hydrogens is 224 g/mol. The summed E-state index contributed by atoms with van der Waals surface area (Å²) < 4.78 is 0. The molecule has 0 fully saturated rings. The van der Waals surface area contributed by atoms with Crippen LogP contribution in [0.4, 0.5) is 0 Å². The number of benzene rings is 1. The van der Waals surface area contributed by atoms with Crippen LogP contribution in [0.15, 0.2) is 24.3 Å². The zero-order chi connectivity index (χ0) is 13.1. The lowest BCUT2D eigenvalue weighted by Gasteiger charge is -2.05. The summed E-state index contributed by atoms with van der Waals surface area (Å²) in [5.41, 5.74) is 2.82. The molecule has 0 heterocycles. The molecule has 0 aliphatic rings. The number of hydrogen-bond acceptors (Lipinski definition) is 2. The van der Waals surface area contributed by atoms with Crippen molar-refractivity contribution in [3.05, 3.63) is 35.4 Å². The van der Waals surface area contributed by atoms with Crippen molar-refractivity contribution in [3.8, 4) is 0 Å². The third kappa shape index (κ3) is 6.77. The van der Waals surface area contributed by atoms with Gasteiger partial charge in [-0.25, -0.2) is 0 Å². The van der Waals surface area contributed by atoms with E-state index >= 15 is 0 Å². The van der Waals surface area contributed by atoms with E-state index in [1.807, 2.05) is 0 Å². The normalized spacial score (nSPS) is 10.8. The van der Waals surface area contributed by atoms with Gasteiger partial charge in [-0.15, -0.1) is 0 Å². The Morgan fingerprint density at radius 1 is 0.667 bits per heavy atom. The molecule has 0 saturated carbocycles. The Morgan fingerprint density at radius 3 is 1.61 bits per heavy atom. The summed E-state index contributed by atoms with van der Waals surface area (Å²) in [5, 5.41) is 17.5. The Kier molecular flexibility index (Phi) is 8.53. The predicted molar refractivity (Wildman–Crippen MR) is 75.7 cm³/mol. The largest absolute Gasteiger partial charge is 0.396 e. The topological polar surface area (TPSA) is 40.5 Å². The predicted octanol–water partition coefficient (Wildman–Crippen LogP) is 3.10. The molecule has 0 bridgehead atoms. The lowest BCUT2D eigenvalue weighted by atomic mass is 10.0. The van der Waals surface area contributed by atoms with Crippen LogP contribution in [-0.4, -0.2) is 23.4 Å². The van der Waals surface area contributed by atoms with Crippen LogP contribution < -0.4 is 0 Å². The van der Waals surface area contributed by atoms with Crippen molar-refractivity contribution >= 4 is 0 Å². The average molecular weight is 250 g/mol. The highest BCUT2D eigenvalue weighted by Gasteiger charge is 1.97. The van der Waals surface area contributed by atoms with Crippen LogP contribution in [0.1, 0.15) is 49.7 Å². The summed E-state index contributed by atoms with van der Waals surface area (Å²) in [5.74, 6) is 0. The number of aryl methyl sites for hydroxylation is 2. The SMILES string of the molecule is OCCCCCc1cccc(CCCCCO)c1. The first-order valence-corrected chi connectivity index (χ1v) is 7.16. The number of hydrogen-bond donors (Lipinski definition) is 2. The maximum absolute atomic E-state index is 8.73. The molecule has 0 aliphatic carbocycles. The fourth-order valence-corrected chi connectivity index (χ4v) is 2.18. The highest BCUT2D eigenvalue weighted by molar-refractivity contribution is 5.23. The highest BCUT2D eigenvalue weighted by atomic mass is 16.3. The van der Waals surface area contributed by atoms with Crippen molar-refractivity contribution in [1.29, 1.82) is 0 Å². The van der Waals surface area contributed by atoms with E-state index in [1.165, 1.54) is 11.1 Å². The summed E-state index contributed by atoms with van der Waals surface area (Å²) in [6.45, 7) is 0.621. The molecule has 18 heavy (non-hydrogen) atoms. The zero-order valence-electron chi connectivity index (χ0n) is 11.3. The molecule has 0 amide bonds. The van der Waals surface area contributed by atoms with Crippen molar-refractivity contribution in [2.24, 2.45) is 0 Å². The lowest BCUT2D eigenvalue weighted by molar-refractivity contribution is 0.283. The summed E-state index contributed by atoms with van der Waals surface area (Å²) >= 11 is 0. The number of rotatable bonds is 10. The van der Waals surface area contributed by atoms with E-state index < -0.39 is 0 Å². The Balaban J connectivity index is 2.27. The van der Waals surface area contributed by atoms with Gasteiger partial charge in [0, 0.05) is 13.2 Å². The van der Waals surface area contributed by atoms with Crippen LogP contribution in [0.3, 0.4) is 0 Å². The molecule has 0 radical (unpaired) electrons. The van der Waals surface area contributed by atoms with Crippen LogP contribution >= 0.6 is 0 Å². The van der Waals surface area contributed by atoms with Crippen LogP contribution in [-0.2, 0) is 12.8 Å². The molecule has 0 aromatic heterocycles. The lowest BCUT2D eigenvalue weighted by Crippen LogP contribution is -1.92.